The lowest BCUT2D eigenvalue weighted by Crippen LogP contribution is -2.12. The summed E-state index contributed by atoms with van der Waals surface area (Å²) in [5, 5.41) is 26.7. The molecule has 10 heavy (non-hydrogen) atoms. The van der Waals surface area contributed by atoms with Gasteiger partial charge in [0.05, 0.1) is 6.07 Å². The van der Waals surface area contributed by atoms with Crippen LogP contribution in [0.1, 0.15) is 12.8 Å². The Labute approximate surface area is 57.2 Å². The van der Waals surface area contributed by atoms with Crippen LogP contribution in [0.5, 0.6) is 0 Å². The first-order valence-corrected chi connectivity index (χ1v) is 2.53. The summed E-state index contributed by atoms with van der Waals surface area (Å²) in [6.07, 6.45) is 0.0219. The molecule has 0 spiro atoms. The average Bonchev–Trinajstić information content (AvgIpc) is 1.89. The zero-order chi connectivity index (χ0) is 7.98. The van der Waals surface area contributed by atoms with E-state index >= 15 is 0 Å². The van der Waals surface area contributed by atoms with Gasteiger partial charge in [-0.05, 0) is 0 Å². The van der Waals surface area contributed by atoms with Gasteiger partial charge in [0.2, 0.25) is 0 Å². The molecule has 0 amide bonds. The van der Waals surface area contributed by atoms with Gasteiger partial charge in [0.25, 0.3) is 0 Å². The van der Waals surface area contributed by atoms with E-state index in [4.69, 9.17) is 15.6 Å². The molecule has 0 fully saturated rings. The van der Waals surface area contributed by atoms with Crippen LogP contribution in [-0.2, 0) is 4.79 Å². The third-order valence-electron chi connectivity index (χ3n) is 0.841. The Morgan fingerprint density at radius 2 is 2.30 bits per heavy atom. The molecule has 0 saturated heterocycles. The number of carbonyl (C=O) groups is 1. The molecule has 0 saturated carbocycles. The van der Waals surface area contributed by atoms with E-state index in [9.17, 15) is 4.79 Å². The fourth-order valence-corrected chi connectivity index (χ4v) is 0.374. The molecule has 54 valence electrons. The smallest absolute Gasteiger partial charge is 0.353 e. The van der Waals surface area contributed by atoms with Crippen LogP contribution in [-0.4, -0.2) is 22.0 Å². The van der Waals surface area contributed by atoms with Gasteiger partial charge in [-0.2, -0.15) is 5.26 Å². The molecule has 0 heterocycles. The summed E-state index contributed by atoms with van der Waals surface area (Å²) >= 11 is 0. The molecule has 5 nitrogen and oxygen atoms in total. The quantitative estimate of drug-likeness (QED) is 0.334. The van der Waals surface area contributed by atoms with Gasteiger partial charge in [0.1, 0.15) is 0 Å². The molecule has 0 radical (unpaired) electrons. The minimum absolute atomic E-state index is 0.0255. The van der Waals surface area contributed by atoms with E-state index in [1.54, 1.807) is 6.07 Å². The number of carboxylic acids is 1. The molecule has 0 rings (SSSR count). The van der Waals surface area contributed by atoms with E-state index < -0.39 is 5.97 Å². The summed E-state index contributed by atoms with van der Waals surface area (Å²) in [6.45, 7) is 0. The Hall–Kier alpha value is -1.57. The predicted molar refractivity (Wildman–Crippen MR) is 31.7 cm³/mol. The molecule has 0 bridgehead atoms. The fraction of sp³-hybridized carbons (Fsp3) is 0.400. The SMILES string of the molecule is N#CCC/C(=N/O)C(=O)O. The second kappa shape index (κ2) is 4.32. The second-order valence-electron chi connectivity index (χ2n) is 1.51. The fourth-order valence-electron chi connectivity index (χ4n) is 0.374. The summed E-state index contributed by atoms with van der Waals surface area (Å²) in [6, 6.07) is 1.73. The van der Waals surface area contributed by atoms with Crippen molar-refractivity contribution >= 4 is 11.7 Å². The van der Waals surface area contributed by atoms with Crippen LogP contribution < -0.4 is 0 Å². The number of carboxylic acid groups (broad SMARTS) is 1. The highest BCUT2D eigenvalue weighted by Gasteiger charge is 2.08. The Morgan fingerprint density at radius 3 is 2.60 bits per heavy atom. The highest BCUT2D eigenvalue weighted by Crippen LogP contribution is 1.90. The Morgan fingerprint density at radius 1 is 1.70 bits per heavy atom. The molecule has 0 aromatic carbocycles. The molecular weight excluding hydrogens is 136 g/mol. The zero-order valence-corrected chi connectivity index (χ0v) is 5.11. The molecule has 2 N–H and O–H groups in total. The maximum absolute atomic E-state index is 10.0. The van der Waals surface area contributed by atoms with Crippen molar-refractivity contribution in [3.63, 3.8) is 0 Å². The highest BCUT2D eigenvalue weighted by molar-refractivity contribution is 6.35. The van der Waals surface area contributed by atoms with Crippen LogP contribution in [0.3, 0.4) is 0 Å². The number of hydrogen-bond donors (Lipinski definition) is 2. The van der Waals surface area contributed by atoms with Crippen molar-refractivity contribution in [2.75, 3.05) is 0 Å². The lowest BCUT2D eigenvalue weighted by atomic mass is 10.2. The molecule has 5 heteroatoms. The number of rotatable bonds is 3. The number of aliphatic carboxylic acids is 1. The maximum Gasteiger partial charge on any atom is 0.353 e. The monoisotopic (exact) mass is 142 g/mol. The first-order valence-electron chi connectivity index (χ1n) is 2.53. The van der Waals surface area contributed by atoms with Crippen molar-refractivity contribution < 1.29 is 15.1 Å². The minimum atomic E-state index is -1.29. The first kappa shape index (κ1) is 8.43. The Kier molecular flexibility index (Phi) is 3.64. The van der Waals surface area contributed by atoms with E-state index in [0.717, 1.165) is 0 Å². The van der Waals surface area contributed by atoms with Crippen molar-refractivity contribution in [2.24, 2.45) is 5.16 Å². The van der Waals surface area contributed by atoms with Gasteiger partial charge in [0.15, 0.2) is 5.71 Å². The van der Waals surface area contributed by atoms with Crippen molar-refractivity contribution in [2.45, 2.75) is 12.8 Å². The standard InChI is InChI=1S/C5H6N2O3/c6-3-1-2-4(7-10)5(8)9/h10H,1-2H2,(H,8,9)/b7-4-. The van der Waals surface area contributed by atoms with E-state index in [1.807, 2.05) is 0 Å². The van der Waals surface area contributed by atoms with Crippen LogP contribution in [0.25, 0.3) is 0 Å². The van der Waals surface area contributed by atoms with Crippen LogP contribution >= 0.6 is 0 Å². The molecule has 0 unspecified atom stereocenters. The summed E-state index contributed by atoms with van der Waals surface area (Å²) in [5.74, 6) is -1.29. The Bertz CT molecular complexity index is 192. The summed E-state index contributed by atoms with van der Waals surface area (Å²) < 4.78 is 0. The third kappa shape index (κ3) is 2.67. The maximum atomic E-state index is 10.0. The highest BCUT2D eigenvalue weighted by atomic mass is 16.4. The number of nitriles is 1. The summed E-state index contributed by atoms with van der Waals surface area (Å²) in [5.41, 5.74) is -0.387. The van der Waals surface area contributed by atoms with E-state index in [1.165, 1.54) is 0 Å². The van der Waals surface area contributed by atoms with Crippen molar-refractivity contribution in [3.8, 4) is 6.07 Å². The second-order valence-corrected chi connectivity index (χ2v) is 1.51. The van der Waals surface area contributed by atoms with Crippen LogP contribution in [0, 0.1) is 11.3 Å². The minimum Gasteiger partial charge on any atom is -0.477 e. The zero-order valence-electron chi connectivity index (χ0n) is 5.11. The van der Waals surface area contributed by atoms with Gasteiger partial charge >= 0.3 is 5.97 Å². The van der Waals surface area contributed by atoms with Gasteiger partial charge in [-0.15, -0.1) is 0 Å². The van der Waals surface area contributed by atoms with Crippen molar-refractivity contribution in [3.05, 3.63) is 0 Å². The van der Waals surface area contributed by atoms with Crippen molar-refractivity contribution in [1.29, 1.82) is 5.26 Å². The predicted octanol–water partition coefficient (Wildman–Crippen LogP) is 0.205. The summed E-state index contributed by atoms with van der Waals surface area (Å²) in [4.78, 5) is 10.0. The molecule has 0 aliphatic carbocycles. The largest absolute Gasteiger partial charge is 0.477 e. The van der Waals surface area contributed by atoms with Gasteiger partial charge in [-0.1, -0.05) is 5.16 Å². The topological polar surface area (TPSA) is 93.7 Å². The Balaban J connectivity index is 3.89. The lowest BCUT2D eigenvalue weighted by Gasteiger charge is -1.90. The van der Waals surface area contributed by atoms with Crippen LogP contribution in [0.2, 0.25) is 0 Å². The van der Waals surface area contributed by atoms with Crippen molar-refractivity contribution in [1.82, 2.24) is 0 Å². The molecule has 0 atom stereocenters. The van der Waals surface area contributed by atoms with Gasteiger partial charge in [0, 0.05) is 12.8 Å². The van der Waals surface area contributed by atoms with Crippen LogP contribution in [0.4, 0.5) is 0 Å². The molecule has 0 aliphatic heterocycles. The van der Waals surface area contributed by atoms with E-state index in [-0.39, 0.29) is 18.6 Å². The normalized spacial score (nSPS) is 10.5. The number of oxime groups is 1. The molecule has 0 aromatic rings. The van der Waals surface area contributed by atoms with E-state index in [2.05, 4.69) is 5.16 Å². The lowest BCUT2D eigenvalue weighted by molar-refractivity contribution is -0.129. The first-order chi connectivity index (χ1) is 4.72. The third-order valence-corrected chi connectivity index (χ3v) is 0.841. The van der Waals surface area contributed by atoms with E-state index in [0.29, 0.717) is 0 Å². The number of hydrogen-bond acceptors (Lipinski definition) is 4. The number of nitrogens with zero attached hydrogens (tertiary/aromatic N) is 2. The van der Waals surface area contributed by atoms with Gasteiger partial charge in [-0.3, -0.25) is 0 Å². The van der Waals surface area contributed by atoms with Crippen LogP contribution in [0.15, 0.2) is 5.16 Å². The molecule has 0 aromatic heterocycles. The van der Waals surface area contributed by atoms with Gasteiger partial charge in [-0.25, -0.2) is 4.79 Å². The summed E-state index contributed by atoms with van der Waals surface area (Å²) in [7, 11) is 0. The molecule has 0 aliphatic rings. The average molecular weight is 142 g/mol. The van der Waals surface area contributed by atoms with Gasteiger partial charge < -0.3 is 10.3 Å². The molecular formula is C5H6N2O3.